The van der Waals surface area contributed by atoms with Gasteiger partial charge in [-0.1, -0.05) is 6.92 Å². The van der Waals surface area contributed by atoms with E-state index in [2.05, 4.69) is 5.32 Å². The number of hydrogen-bond acceptors (Lipinski definition) is 5. The van der Waals surface area contributed by atoms with Crippen LogP contribution in [0.1, 0.15) is 32.3 Å². The second-order valence-electron chi connectivity index (χ2n) is 4.61. The Balaban J connectivity index is 3.04. The van der Waals surface area contributed by atoms with Crippen LogP contribution in [0, 0.1) is 21.4 Å². The second kappa shape index (κ2) is 6.16. The van der Waals surface area contributed by atoms with Crippen LogP contribution in [0.4, 0.5) is 11.4 Å². The molecule has 1 unspecified atom stereocenters. The molecule has 0 aliphatic carbocycles. The lowest BCUT2D eigenvalue weighted by Gasteiger charge is -2.30. The molecule has 1 aromatic rings. The molecule has 1 rings (SSSR count). The normalized spacial score (nSPS) is 13.4. The fourth-order valence-electron chi connectivity index (χ4n) is 1.79. The fraction of sp³-hybridized carbons (Fsp3) is 0.462. The molecule has 0 saturated heterocycles. The van der Waals surface area contributed by atoms with E-state index in [-0.39, 0.29) is 23.4 Å². The van der Waals surface area contributed by atoms with E-state index < -0.39 is 4.92 Å². The highest BCUT2D eigenvalue weighted by atomic mass is 16.6. The lowest BCUT2D eigenvalue weighted by atomic mass is 9.94. The molecular weight excluding hydrogens is 246 g/mol. The van der Waals surface area contributed by atoms with Crippen molar-refractivity contribution in [3.05, 3.63) is 33.9 Å². The number of anilines is 1. The molecule has 0 saturated carbocycles. The summed E-state index contributed by atoms with van der Waals surface area (Å²) in [7, 11) is 0. The summed E-state index contributed by atoms with van der Waals surface area (Å²) in [5.74, 6) is 0. The summed E-state index contributed by atoms with van der Waals surface area (Å²) in [4.78, 5) is 10.2. The van der Waals surface area contributed by atoms with Gasteiger partial charge in [0.15, 0.2) is 0 Å². The number of nitrogens with one attached hydrogen (secondary N) is 1. The zero-order valence-corrected chi connectivity index (χ0v) is 11.0. The minimum absolute atomic E-state index is 0.0254. The Labute approximate surface area is 111 Å². The van der Waals surface area contributed by atoms with E-state index in [4.69, 9.17) is 10.4 Å². The molecule has 0 amide bonds. The third kappa shape index (κ3) is 3.66. The van der Waals surface area contributed by atoms with Gasteiger partial charge in [-0.05, 0) is 31.9 Å². The molecule has 0 bridgehead atoms. The molecule has 0 spiro atoms. The van der Waals surface area contributed by atoms with Crippen LogP contribution in [-0.2, 0) is 0 Å². The Kier molecular flexibility index (Phi) is 4.84. The highest BCUT2D eigenvalue weighted by Crippen LogP contribution is 2.26. The first-order valence-corrected chi connectivity index (χ1v) is 6.03. The molecule has 0 heterocycles. The number of nitriles is 1. The summed E-state index contributed by atoms with van der Waals surface area (Å²) >= 11 is 0. The molecule has 1 atom stereocenters. The molecule has 0 aliphatic heterocycles. The van der Waals surface area contributed by atoms with Crippen LogP contribution < -0.4 is 5.32 Å². The minimum atomic E-state index is -0.574. The second-order valence-corrected chi connectivity index (χ2v) is 4.61. The number of aliphatic hydroxyl groups is 1. The topological polar surface area (TPSA) is 99.2 Å². The molecule has 0 radical (unpaired) electrons. The van der Waals surface area contributed by atoms with Crippen molar-refractivity contribution in [3.8, 4) is 6.07 Å². The van der Waals surface area contributed by atoms with E-state index in [1.54, 1.807) is 6.07 Å². The molecule has 19 heavy (non-hydrogen) atoms. The van der Waals surface area contributed by atoms with Gasteiger partial charge in [-0.25, -0.2) is 0 Å². The van der Waals surface area contributed by atoms with Crippen LogP contribution in [-0.4, -0.2) is 22.2 Å². The number of benzene rings is 1. The van der Waals surface area contributed by atoms with Gasteiger partial charge in [0.25, 0.3) is 5.69 Å². The van der Waals surface area contributed by atoms with Gasteiger partial charge < -0.3 is 10.4 Å². The quantitative estimate of drug-likeness (QED) is 0.606. The molecule has 0 aliphatic rings. The van der Waals surface area contributed by atoms with E-state index >= 15 is 0 Å². The molecular formula is C13H17N3O3. The Bertz CT molecular complexity index is 510. The maximum absolute atomic E-state index is 10.7. The van der Waals surface area contributed by atoms with Gasteiger partial charge in [0.2, 0.25) is 0 Å². The van der Waals surface area contributed by atoms with Gasteiger partial charge in [0.05, 0.1) is 4.92 Å². The molecule has 6 heteroatoms. The van der Waals surface area contributed by atoms with Crippen molar-refractivity contribution in [1.29, 1.82) is 5.26 Å². The van der Waals surface area contributed by atoms with E-state index in [1.807, 2.05) is 19.9 Å². The monoisotopic (exact) mass is 263 g/mol. The summed E-state index contributed by atoms with van der Waals surface area (Å²) in [6.45, 7) is 3.99. The van der Waals surface area contributed by atoms with Gasteiger partial charge >= 0.3 is 0 Å². The molecule has 2 N–H and O–H groups in total. The molecule has 0 fully saturated rings. The summed E-state index contributed by atoms with van der Waals surface area (Å²) in [5, 5.41) is 31.9. The summed E-state index contributed by atoms with van der Waals surface area (Å²) < 4.78 is 0. The standard InChI is InChI=1S/C13H17N3O3/c1-3-13(2,6-7-17)15-11-4-5-12(16(18)19)10(8-11)9-14/h4-5,8,15,17H,3,6-7H2,1-2H3. The third-order valence-electron chi connectivity index (χ3n) is 3.20. The lowest BCUT2D eigenvalue weighted by molar-refractivity contribution is -0.385. The molecule has 0 aromatic heterocycles. The predicted octanol–water partition coefficient (Wildman–Crippen LogP) is 2.43. The van der Waals surface area contributed by atoms with Crippen LogP contribution >= 0.6 is 0 Å². The number of nitrogens with zero attached hydrogens (tertiary/aromatic N) is 2. The zero-order valence-electron chi connectivity index (χ0n) is 11.0. The Morgan fingerprint density at radius 3 is 2.74 bits per heavy atom. The largest absolute Gasteiger partial charge is 0.396 e. The van der Waals surface area contributed by atoms with Crippen LogP contribution in [0.2, 0.25) is 0 Å². The Morgan fingerprint density at radius 1 is 1.58 bits per heavy atom. The molecule has 102 valence electrons. The SMILES string of the molecule is CCC(C)(CCO)Nc1ccc([N+](=O)[O-])c(C#N)c1. The number of hydrogen-bond donors (Lipinski definition) is 2. The number of rotatable bonds is 6. The summed E-state index contributed by atoms with van der Waals surface area (Å²) in [6.07, 6.45) is 1.34. The van der Waals surface area contributed by atoms with Gasteiger partial charge in [0, 0.05) is 23.9 Å². The third-order valence-corrected chi connectivity index (χ3v) is 3.20. The maximum atomic E-state index is 10.7. The first kappa shape index (κ1) is 14.9. The maximum Gasteiger partial charge on any atom is 0.287 e. The van der Waals surface area contributed by atoms with Crippen molar-refractivity contribution < 1.29 is 10.0 Å². The van der Waals surface area contributed by atoms with Crippen LogP contribution in [0.5, 0.6) is 0 Å². The van der Waals surface area contributed by atoms with Crippen LogP contribution in [0.3, 0.4) is 0 Å². The van der Waals surface area contributed by atoms with E-state index in [0.717, 1.165) is 6.42 Å². The highest BCUT2D eigenvalue weighted by molar-refractivity contribution is 5.59. The van der Waals surface area contributed by atoms with Gasteiger partial charge in [-0.2, -0.15) is 5.26 Å². The fourth-order valence-corrected chi connectivity index (χ4v) is 1.79. The van der Waals surface area contributed by atoms with E-state index in [0.29, 0.717) is 12.1 Å². The van der Waals surface area contributed by atoms with Crippen molar-refractivity contribution in [2.75, 3.05) is 11.9 Å². The predicted molar refractivity (Wildman–Crippen MR) is 71.8 cm³/mol. The van der Waals surface area contributed by atoms with Crippen molar-refractivity contribution in [2.24, 2.45) is 0 Å². The number of nitro benzene ring substituents is 1. The van der Waals surface area contributed by atoms with Gasteiger partial charge in [-0.3, -0.25) is 10.1 Å². The van der Waals surface area contributed by atoms with Crippen LogP contribution in [0.15, 0.2) is 18.2 Å². The lowest BCUT2D eigenvalue weighted by Crippen LogP contribution is -2.35. The van der Waals surface area contributed by atoms with E-state index in [1.165, 1.54) is 12.1 Å². The molecule has 1 aromatic carbocycles. The zero-order chi connectivity index (χ0) is 14.5. The van der Waals surface area contributed by atoms with Crippen molar-refractivity contribution in [3.63, 3.8) is 0 Å². The van der Waals surface area contributed by atoms with E-state index in [9.17, 15) is 10.1 Å². The Hall–Kier alpha value is -2.13. The van der Waals surface area contributed by atoms with Gasteiger partial charge in [-0.15, -0.1) is 0 Å². The number of aliphatic hydroxyl groups excluding tert-OH is 1. The molecule has 6 nitrogen and oxygen atoms in total. The minimum Gasteiger partial charge on any atom is -0.396 e. The summed E-state index contributed by atoms with van der Waals surface area (Å²) in [5.41, 5.74) is 0.156. The average molecular weight is 263 g/mol. The average Bonchev–Trinajstić information content (AvgIpc) is 2.38. The van der Waals surface area contributed by atoms with Gasteiger partial charge in [0.1, 0.15) is 11.6 Å². The Morgan fingerprint density at radius 2 is 2.26 bits per heavy atom. The highest BCUT2D eigenvalue weighted by Gasteiger charge is 2.22. The smallest absolute Gasteiger partial charge is 0.287 e. The number of nitro groups is 1. The van der Waals surface area contributed by atoms with Crippen molar-refractivity contribution in [1.82, 2.24) is 0 Å². The first-order chi connectivity index (χ1) is 8.95. The first-order valence-electron chi connectivity index (χ1n) is 6.03. The summed E-state index contributed by atoms with van der Waals surface area (Å²) in [6, 6.07) is 6.17. The van der Waals surface area contributed by atoms with Crippen LogP contribution in [0.25, 0.3) is 0 Å². The van der Waals surface area contributed by atoms with Crippen molar-refractivity contribution >= 4 is 11.4 Å². The van der Waals surface area contributed by atoms with Crippen molar-refractivity contribution in [2.45, 2.75) is 32.2 Å².